The van der Waals surface area contributed by atoms with Crippen molar-refractivity contribution in [3.05, 3.63) is 30.0 Å². The molecule has 8 heteroatoms. The highest BCUT2D eigenvalue weighted by Gasteiger charge is 2.36. The molecule has 2 aliphatic rings. The molecule has 4 rings (SSSR count). The van der Waals surface area contributed by atoms with Crippen LogP contribution in [-0.4, -0.2) is 43.4 Å². The zero-order chi connectivity index (χ0) is 17.3. The lowest BCUT2D eigenvalue weighted by molar-refractivity contribution is -0.181. The number of hydrogen-bond acceptors (Lipinski definition) is 8. The fourth-order valence-electron chi connectivity index (χ4n) is 3.21. The first-order valence-electron chi connectivity index (χ1n) is 8.46. The van der Waals surface area contributed by atoms with E-state index in [0.29, 0.717) is 31.0 Å². The Bertz CT molecular complexity index is 758. The molecule has 2 aromatic rings. The Hall–Kier alpha value is -2.16. The number of aromatic nitrogens is 4. The summed E-state index contributed by atoms with van der Waals surface area (Å²) < 4.78 is 11.1. The highest BCUT2D eigenvalue weighted by molar-refractivity contribution is 5.59. The van der Waals surface area contributed by atoms with Gasteiger partial charge >= 0.3 is 0 Å². The molecule has 0 spiro atoms. The minimum atomic E-state index is -1.42. The topological polar surface area (TPSA) is 110 Å². The van der Waals surface area contributed by atoms with Crippen LogP contribution in [0.4, 0.5) is 0 Å². The van der Waals surface area contributed by atoms with E-state index in [1.807, 2.05) is 0 Å². The van der Waals surface area contributed by atoms with Gasteiger partial charge in [-0.1, -0.05) is 0 Å². The molecule has 0 amide bonds. The Balaban J connectivity index is 1.70. The average Bonchev–Trinajstić information content (AvgIpc) is 3.11. The fraction of sp³-hybridized carbons (Fsp3) is 0.529. The van der Waals surface area contributed by atoms with Crippen molar-refractivity contribution < 1.29 is 19.7 Å². The van der Waals surface area contributed by atoms with E-state index < -0.39 is 5.79 Å². The van der Waals surface area contributed by atoms with Crippen LogP contribution in [0, 0.1) is 6.33 Å². The molecule has 0 aromatic carbocycles. The summed E-state index contributed by atoms with van der Waals surface area (Å²) in [7, 11) is 0. The standard InChI is InChI=1S/C17H19N4O4/c22-15-13(11-4-1-2-8-24-11)19-10-20-14(15)16-18-7-5-12(21-16)17(23)6-3-9-25-17/h5,7,11,22-23H,1-4,6,8-9H2. The Morgan fingerprint density at radius 3 is 2.88 bits per heavy atom. The molecule has 4 heterocycles. The molecule has 131 valence electrons. The van der Waals surface area contributed by atoms with Crippen molar-refractivity contribution in [1.82, 2.24) is 19.9 Å². The molecular formula is C17H19N4O4. The maximum atomic E-state index is 10.6. The lowest BCUT2D eigenvalue weighted by Crippen LogP contribution is -2.25. The van der Waals surface area contributed by atoms with Crippen LogP contribution in [-0.2, 0) is 15.3 Å². The zero-order valence-electron chi connectivity index (χ0n) is 13.7. The predicted molar refractivity (Wildman–Crippen MR) is 85.2 cm³/mol. The molecule has 8 nitrogen and oxygen atoms in total. The van der Waals surface area contributed by atoms with E-state index in [0.717, 1.165) is 25.7 Å². The minimum Gasteiger partial charge on any atom is -0.504 e. The number of hydrogen-bond donors (Lipinski definition) is 2. The van der Waals surface area contributed by atoms with Crippen LogP contribution in [0.2, 0.25) is 0 Å². The van der Waals surface area contributed by atoms with Crippen LogP contribution < -0.4 is 0 Å². The molecule has 2 aromatic heterocycles. The smallest absolute Gasteiger partial charge is 0.210 e. The van der Waals surface area contributed by atoms with Gasteiger partial charge in [0.25, 0.3) is 0 Å². The zero-order valence-corrected chi connectivity index (χ0v) is 13.7. The maximum Gasteiger partial charge on any atom is 0.210 e. The molecule has 2 unspecified atom stereocenters. The van der Waals surface area contributed by atoms with Crippen molar-refractivity contribution >= 4 is 0 Å². The number of rotatable bonds is 3. The van der Waals surface area contributed by atoms with Gasteiger partial charge in [0.05, 0.1) is 6.61 Å². The van der Waals surface area contributed by atoms with Gasteiger partial charge in [0.1, 0.15) is 17.5 Å². The van der Waals surface area contributed by atoms with Gasteiger partial charge < -0.3 is 19.7 Å². The van der Waals surface area contributed by atoms with Crippen LogP contribution in [0.25, 0.3) is 11.5 Å². The maximum absolute atomic E-state index is 10.6. The molecule has 2 saturated heterocycles. The molecule has 2 fully saturated rings. The highest BCUT2D eigenvalue weighted by Crippen LogP contribution is 2.37. The third kappa shape index (κ3) is 3.08. The van der Waals surface area contributed by atoms with Crippen molar-refractivity contribution in [2.24, 2.45) is 0 Å². The van der Waals surface area contributed by atoms with Gasteiger partial charge in [0.15, 0.2) is 23.6 Å². The quantitative estimate of drug-likeness (QED) is 0.865. The number of aliphatic hydroxyl groups is 1. The predicted octanol–water partition coefficient (Wildman–Crippen LogP) is 1.64. The van der Waals surface area contributed by atoms with E-state index in [2.05, 4.69) is 26.3 Å². The Morgan fingerprint density at radius 1 is 1.20 bits per heavy atom. The first kappa shape index (κ1) is 16.3. The average molecular weight is 343 g/mol. The number of nitrogens with zero attached hydrogens (tertiary/aromatic N) is 4. The normalized spacial score (nSPS) is 26.7. The largest absolute Gasteiger partial charge is 0.504 e. The van der Waals surface area contributed by atoms with Crippen LogP contribution in [0.5, 0.6) is 5.75 Å². The molecule has 0 aliphatic carbocycles. The van der Waals surface area contributed by atoms with Gasteiger partial charge in [0.2, 0.25) is 5.79 Å². The van der Waals surface area contributed by atoms with Crippen LogP contribution >= 0.6 is 0 Å². The second-order valence-corrected chi connectivity index (χ2v) is 6.26. The lowest BCUT2D eigenvalue weighted by atomic mass is 10.0. The SMILES string of the molecule is Oc1c(-c2nccc(C3(O)CCCO3)n2)n[c]nc1C1CCCCO1. The van der Waals surface area contributed by atoms with Crippen molar-refractivity contribution in [2.75, 3.05) is 13.2 Å². The van der Waals surface area contributed by atoms with Crippen molar-refractivity contribution in [3.8, 4) is 17.3 Å². The third-order valence-electron chi connectivity index (χ3n) is 4.55. The van der Waals surface area contributed by atoms with Crippen LogP contribution in [0.1, 0.15) is 49.6 Å². The molecular weight excluding hydrogens is 324 g/mol. The van der Waals surface area contributed by atoms with Gasteiger partial charge in [-0.15, -0.1) is 0 Å². The Kier molecular flexibility index (Phi) is 4.32. The highest BCUT2D eigenvalue weighted by atomic mass is 16.6. The van der Waals surface area contributed by atoms with Gasteiger partial charge in [-0.2, -0.15) is 0 Å². The van der Waals surface area contributed by atoms with Gasteiger partial charge in [-0.05, 0) is 31.7 Å². The minimum absolute atomic E-state index is 0.109. The molecule has 2 atom stereocenters. The van der Waals surface area contributed by atoms with Crippen molar-refractivity contribution in [3.63, 3.8) is 0 Å². The van der Waals surface area contributed by atoms with Crippen LogP contribution in [0.3, 0.4) is 0 Å². The third-order valence-corrected chi connectivity index (χ3v) is 4.55. The summed E-state index contributed by atoms with van der Waals surface area (Å²) in [6, 6.07) is 1.60. The number of ether oxygens (including phenoxy) is 2. The van der Waals surface area contributed by atoms with Crippen molar-refractivity contribution in [1.29, 1.82) is 0 Å². The van der Waals surface area contributed by atoms with Crippen LogP contribution in [0.15, 0.2) is 12.3 Å². The molecule has 1 radical (unpaired) electrons. The second-order valence-electron chi connectivity index (χ2n) is 6.26. The summed E-state index contributed by atoms with van der Waals surface area (Å²) in [5.74, 6) is -1.34. The van der Waals surface area contributed by atoms with Gasteiger partial charge in [-0.25, -0.2) is 19.9 Å². The second kappa shape index (κ2) is 6.62. The van der Waals surface area contributed by atoms with Crippen molar-refractivity contribution in [2.45, 2.75) is 44.0 Å². The Morgan fingerprint density at radius 2 is 2.12 bits per heavy atom. The monoisotopic (exact) mass is 343 g/mol. The van der Waals surface area contributed by atoms with E-state index in [9.17, 15) is 10.2 Å². The van der Waals surface area contributed by atoms with E-state index in [1.165, 1.54) is 6.20 Å². The molecule has 25 heavy (non-hydrogen) atoms. The first-order chi connectivity index (χ1) is 12.2. The number of aromatic hydroxyl groups is 1. The van der Waals surface area contributed by atoms with E-state index >= 15 is 0 Å². The fourth-order valence-corrected chi connectivity index (χ4v) is 3.21. The molecule has 0 bridgehead atoms. The Labute approximate surface area is 144 Å². The molecule has 2 N–H and O–H groups in total. The lowest BCUT2D eigenvalue weighted by Gasteiger charge is -2.23. The first-order valence-corrected chi connectivity index (χ1v) is 8.46. The van der Waals surface area contributed by atoms with E-state index in [-0.39, 0.29) is 23.4 Å². The summed E-state index contributed by atoms with van der Waals surface area (Å²) >= 11 is 0. The summed E-state index contributed by atoms with van der Waals surface area (Å²) in [6.45, 7) is 1.12. The van der Waals surface area contributed by atoms with E-state index in [1.54, 1.807) is 6.07 Å². The molecule has 2 aliphatic heterocycles. The van der Waals surface area contributed by atoms with Gasteiger partial charge in [-0.3, -0.25) is 0 Å². The summed E-state index contributed by atoms with van der Waals surface area (Å²) in [6.07, 6.45) is 7.80. The molecule has 0 saturated carbocycles. The summed E-state index contributed by atoms with van der Waals surface area (Å²) in [4.78, 5) is 16.6. The summed E-state index contributed by atoms with van der Waals surface area (Å²) in [5, 5.41) is 21.1. The van der Waals surface area contributed by atoms with Gasteiger partial charge in [0, 0.05) is 19.2 Å². The summed E-state index contributed by atoms with van der Waals surface area (Å²) in [5.41, 5.74) is 0.917. The van der Waals surface area contributed by atoms with E-state index in [4.69, 9.17) is 9.47 Å².